The Balaban J connectivity index is 1.64. The van der Waals surface area contributed by atoms with Crippen molar-refractivity contribution < 1.29 is 0 Å². The van der Waals surface area contributed by atoms with E-state index >= 15 is 0 Å². The van der Waals surface area contributed by atoms with Gasteiger partial charge in [-0.1, -0.05) is 17.7 Å². The summed E-state index contributed by atoms with van der Waals surface area (Å²) in [5, 5.41) is 4.39. The minimum absolute atomic E-state index is 0.918. The van der Waals surface area contributed by atoms with Crippen LogP contribution in [0.5, 0.6) is 0 Å². The SMILES string of the molecule is Clc1ccc2c(c1SCCCn1cccc1)CCNCC2. The number of benzene rings is 1. The van der Waals surface area contributed by atoms with Gasteiger partial charge in [-0.25, -0.2) is 0 Å². The van der Waals surface area contributed by atoms with Crippen molar-refractivity contribution in [1.29, 1.82) is 0 Å². The lowest BCUT2D eigenvalue weighted by atomic mass is 10.0. The highest BCUT2D eigenvalue weighted by Crippen LogP contribution is 2.34. The molecular weight excluding hydrogens is 300 g/mol. The van der Waals surface area contributed by atoms with Crippen molar-refractivity contribution in [2.75, 3.05) is 18.8 Å². The van der Waals surface area contributed by atoms with E-state index < -0.39 is 0 Å². The zero-order chi connectivity index (χ0) is 14.5. The number of aryl methyl sites for hydroxylation is 1. The van der Waals surface area contributed by atoms with Crippen molar-refractivity contribution in [1.82, 2.24) is 9.88 Å². The average Bonchev–Trinajstić information content (AvgIpc) is 2.89. The van der Waals surface area contributed by atoms with Gasteiger partial charge in [0.1, 0.15) is 0 Å². The second-order valence-corrected chi connectivity index (χ2v) is 6.90. The van der Waals surface area contributed by atoms with Gasteiger partial charge in [-0.05, 0) is 67.4 Å². The molecule has 0 atom stereocenters. The predicted octanol–water partition coefficient (Wildman–Crippen LogP) is 4.01. The minimum Gasteiger partial charge on any atom is -0.354 e. The maximum atomic E-state index is 6.45. The maximum Gasteiger partial charge on any atom is 0.0544 e. The zero-order valence-electron chi connectivity index (χ0n) is 12.1. The quantitative estimate of drug-likeness (QED) is 0.662. The van der Waals surface area contributed by atoms with E-state index in [4.69, 9.17) is 11.6 Å². The van der Waals surface area contributed by atoms with Gasteiger partial charge < -0.3 is 9.88 Å². The molecule has 112 valence electrons. The van der Waals surface area contributed by atoms with Gasteiger partial charge in [0, 0.05) is 23.8 Å². The summed E-state index contributed by atoms with van der Waals surface area (Å²) in [5.74, 6) is 1.11. The van der Waals surface area contributed by atoms with Gasteiger partial charge in [-0.15, -0.1) is 11.8 Å². The van der Waals surface area contributed by atoms with Crippen LogP contribution in [0, 0.1) is 0 Å². The molecule has 21 heavy (non-hydrogen) atoms. The predicted molar refractivity (Wildman–Crippen MR) is 91.5 cm³/mol. The fraction of sp³-hybridized carbons (Fsp3) is 0.412. The molecule has 2 heterocycles. The first-order valence-electron chi connectivity index (χ1n) is 7.59. The van der Waals surface area contributed by atoms with Crippen LogP contribution >= 0.6 is 23.4 Å². The standard InChI is InChI=1S/C17H21ClN2S/c18-16-5-4-14-6-8-19-9-7-15(14)17(16)21-13-3-12-20-10-1-2-11-20/h1-2,4-5,10-11,19H,3,6-9,12-13H2. The molecule has 1 aromatic heterocycles. The van der Waals surface area contributed by atoms with Crippen molar-refractivity contribution in [2.45, 2.75) is 30.7 Å². The molecule has 0 saturated carbocycles. The van der Waals surface area contributed by atoms with Gasteiger partial charge in [0.15, 0.2) is 0 Å². The van der Waals surface area contributed by atoms with E-state index in [1.54, 1.807) is 0 Å². The number of nitrogens with one attached hydrogen (secondary N) is 1. The first-order valence-corrected chi connectivity index (χ1v) is 8.95. The summed E-state index contributed by atoms with van der Waals surface area (Å²) in [6, 6.07) is 8.43. The molecule has 0 bridgehead atoms. The van der Waals surface area contributed by atoms with E-state index in [1.165, 1.54) is 16.0 Å². The molecule has 1 aliphatic heterocycles. The number of aromatic nitrogens is 1. The number of fused-ring (bicyclic) bond motifs is 1. The van der Waals surface area contributed by atoms with Gasteiger partial charge in [0.05, 0.1) is 5.02 Å². The van der Waals surface area contributed by atoms with Crippen LogP contribution in [0.3, 0.4) is 0 Å². The Bertz CT molecular complexity index is 581. The Kier molecular flexibility index (Phi) is 5.28. The molecule has 0 aliphatic carbocycles. The van der Waals surface area contributed by atoms with Crippen LogP contribution in [-0.2, 0) is 19.4 Å². The molecule has 0 spiro atoms. The minimum atomic E-state index is 0.918. The van der Waals surface area contributed by atoms with Crippen LogP contribution < -0.4 is 5.32 Å². The summed E-state index contributed by atoms with van der Waals surface area (Å²) in [4.78, 5) is 1.31. The summed E-state index contributed by atoms with van der Waals surface area (Å²) in [6.45, 7) is 3.21. The third-order valence-electron chi connectivity index (χ3n) is 3.91. The molecule has 1 aromatic carbocycles. The Labute approximate surface area is 135 Å². The molecule has 4 heteroatoms. The number of hydrogen-bond donors (Lipinski definition) is 1. The maximum absolute atomic E-state index is 6.45. The molecule has 3 rings (SSSR count). The van der Waals surface area contributed by atoms with Gasteiger partial charge in [-0.3, -0.25) is 0 Å². The Hall–Kier alpha value is -0.900. The summed E-state index contributed by atoms with van der Waals surface area (Å²) in [5.41, 5.74) is 2.94. The molecule has 0 saturated heterocycles. The first kappa shape index (κ1) is 15.0. The topological polar surface area (TPSA) is 17.0 Å². The third-order valence-corrected chi connectivity index (χ3v) is 5.58. The van der Waals surface area contributed by atoms with E-state index in [-0.39, 0.29) is 0 Å². The van der Waals surface area contributed by atoms with E-state index in [0.29, 0.717) is 0 Å². The smallest absolute Gasteiger partial charge is 0.0544 e. The number of hydrogen-bond acceptors (Lipinski definition) is 2. The van der Waals surface area contributed by atoms with Crippen molar-refractivity contribution in [2.24, 2.45) is 0 Å². The fourth-order valence-electron chi connectivity index (χ4n) is 2.81. The second kappa shape index (κ2) is 7.39. The number of thioether (sulfide) groups is 1. The van der Waals surface area contributed by atoms with Crippen molar-refractivity contribution >= 4 is 23.4 Å². The molecule has 0 radical (unpaired) electrons. The fourth-order valence-corrected chi connectivity index (χ4v) is 4.24. The number of rotatable bonds is 5. The number of halogens is 1. The van der Waals surface area contributed by atoms with E-state index in [0.717, 1.165) is 49.7 Å². The van der Waals surface area contributed by atoms with Crippen LogP contribution in [0.4, 0.5) is 0 Å². The lowest BCUT2D eigenvalue weighted by molar-refractivity contribution is 0.688. The van der Waals surface area contributed by atoms with Gasteiger partial charge in [0.25, 0.3) is 0 Å². The highest BCUT2D eigenvalue weighted by atomic mass is 35.5. The highest BCUT2D eigenvalue weighted by molar-refractivity contribution is 7.99. The average molecular weight is 321 g/mol. The van der Waals surface area contributed by atoms with Crippen LogP contribution in [0.1, 0.15) is 17.5 Å². The first-order chi connectivity index (χ1) is 10.3. The summed E-state index contributed by atoms with van der Waals surface area (Å²) < 4.78 is 2.23. The van der Waals surface area contributed by atoms with Gasteiger partial charge in [0.2, 0.25) is 0 Å². The normalized spacial score (nSPS) is 14.7. The van der Waals surface area contributed by atoms with Crippen LogP contribution in [-0.4, -0.2) is 23.4 Å². The van der Waals surface area contributed by atoms with Gasteiger partial charge >= 0.3 is 0 Å². The third kappa shape index (κ3) is 3.85. The van der Waals surface area contributed by atoms with Crippen molar-refractivity contribution in [3.8, 4) is 0 Å². The largest absolute Gasteiger partial charge is 0.354 e. The number of nitrogens with zero attached hydrogens (tertiary/aromatic N) is 1. The monoisotopic (exact) mass is 320 g/mol. The van der Waals surface area contributed by atoms with Crippen LogP contribution in [0.15, 0.2) is 41.6 Å². The molecule has 1 N–H and O–H groups in total. The Morgan fingerprint density at radius 1 is 1.14 bits per heavy atom. The van der Waals surface area contributed by atoms with Gasteiger partial charge in [-0.2, -0.15) is 0 Å². The van der Waals surface area contributed by atoms with E-state index in [9.17, 15) is 0 Å². The molecule has 0 unspecified atom stereocenters. The summed E-state index contributed by atoms with van der Waals surface area (Å²) in [6.07, 6.45) is 7.62. The molecule has 2 nitrogen and oxygen atoms in total. The molecule has 2 aromatic rings. The molecule has 0 amide bonds. The van der Waals surface area contributed by atoms with Crippen LogP contribution in [0.2, 0.25) is 5.02 Å². The molecule has 1 aliphatic rings. The van der Waals surface area contributed by atoms with Crippen LogP contribution in [0.25, 0.3) is 0 Å². The zero-order valence-corrected chi connectivity index (χ0v) is 13.7. The summed E-state index contributed by atoms with van der Waals surface area (Å²) >= 11 is 8.37. The molecule has 0 fully saturated rings. The highest BCUT2D eigenvalue weighted by Gasteiger charge is 2.14. The lowest BCUT2D eigenvalue weighted by Crippen LogP contribution is -2.16. The lowest BCUT2D eigenvalue weighted by Gasteiger charge is -2.14. The summed E-state index contributed by atoms with van der Waals surface area (Å²) in [7, 11) is 0. The Morgan fingerprint density at radius 2 is 1.95 bits per heavy atom. The Morgan fingerprint density at radius 3 is 2.81 bits per heavy atom. The second-order valence-electron chi connectivity index (χ2n) is 5.39. The van der Waals surface area contributed by atoms with E-state index in [1.807, 2.05) is 11.8 Å². The van der Waals surface area contributed by atoms with E-state index in [2.05, 4.69) is 46.5 Å². The molecular formula is C17H21ClN2S. The van der Waals surface area contributed by atoms with Crippen molar-refractivity contribution in [3.05, 3.63) is 52.8 Å². The van der Waals surface area contributed by atoms with Crippen molar-refractivity contribution in [3.63, 3.8) is 0 Å².